The van der Waals surface area contributed by atoms with E-state index < -0.39 is 22.2 Å². The topological polar surface area (TPSA) is 84.9 Å². The van der Waals surface area contributed by atoms with E-state index in [1.54, 1.807) is 44.4 Å². The summed E-state index contributed by atoms with van der Waals surface area (Å²) in [6.07, 6.45) is -0.910. The highest BCUT2D eigenvalue weighted by Gasteiger charge is 2.30. The lowest BCUT2D eigenvalue weighted by Crippen LogP contribution is -2.39. The maximum absolute atomic E-state index is 12.5. The van der Waals surface area contributed by atoms with E-state index in [0.29, 0.717) is 30.1 Å². The number of fused-ring (bicyclic) bond motifs is 1. The number of ether oxygens (including phenoxy) is 2. The zero-order valence-electron chi connectivity index (χ0n) is 16.1. The molecule has 1 amide bonds. The van der Waals surface area contributed by atoms with Gasteiger partial charge in [-0.15, -0.1) is 0 Å². The SMILES string of the molecule is COCCN1C(=O)OC(C)c2cc(NS(=O)(=O)Cc3ccc(C)cc3)ccc21. The average molecular weight is 404 g/mol. The summed E-state index contributed by atoms with van der Waals surface area (Å²) >= 11 is 0. The van der Waals surface area contributed by atoms with Gasteiger partial charge in [-0.2, -0.15) is 0 Å². The molecule has 1 heterocycles. The third kappa shape index (κ3) is 4.63. The van der Waals surface area contributed by atoms with Gasteiger partial charge in [0.2, 0.25) is 10.0 Å². The molecule has 1 atom stereocenters. The zero-order chi connectivity index (χ0) is 20.3. The second-order valence-electron chi connectivity index (χ2n) is 6.79. The third-order valence-corrected chi connectivity index (χ3v) is 5.78. The van der Waals surface area contributed by atoms with E-state index in [4.69, 9.17) is 9.47 Å². The predicted octanol–water partition coefficient (Wildman–Crippen LogP) is 3.60. The van der Waals surface area contributed by atoms with Gasteiger partial charge in [0.15, 0.2) is 0 Å². The van der Waals surface area contributed by atoms with Gasteiger partial charge < -0.3 is 9.47 Å². The molecule has 0 aromatic heterocycles. The average Bonchev–Trinajstić information content (AvgIpc) is 2.63. The molecule has 0 spiro atoms. The van der Waals surface area contributed by atoms with Crippen molar-refractivity contribution in [1.82, 2.24) is 0 Å². The Balaban J connectivity index is 1.81. The zero-order valence-corrected chi connectivity index (χ0v) is 17.0. The fourth-order valence-corrected chi connectivity index (χ4v) is 4.27. The van der Waals surface area contributed by atoms with E-state index >= 15 is 0 Å². The number of carbonyl (C=O) groups excluding carboxylic acids is 1. The first-order chi connectivity index (χ1) is 13.3. The minimum absolute atomic E-state index is 0.116. The van der Waals surface area contributed by atoms with Crippen LogP contribution >= 0.6 is 0 Å². The van der Waals surface area contributed by atoms with Gasteiger partial charge in [-0.1, -0.05) is 29.8 Å². The minimum Gasteiger partial charge on any atom is -0.441 e. The van der Waals surface area contributed by atoms with Gasteiger partial charge in [-0.05, 0) is 37.6 Å². The van der Waals surface area contributed by atoms with E-state index in [1.807, 2.05) is 19.1 Å². The van der Waals surface area contributed by atoms with Gasteiger partial charge in [-0.25, -0.2) is 13.2 Å². The van der Waals surface area contributed by atoms with Crippen LogP contribution in [0.3, 0.4) is 0 Å². The molecule has 28 heavy (non-hydrogen) atoms. The van der Waals surface area contributed by atoms with E-state index in [1.165, 1.54) is 4.90 Å². The van der Waals surface area contributed by atoms with Gasteiger partial charge in [0.25, 0.3) is 0 Å². The van der Waals surface area contributed by atoms with Crippen LogP contribution in [0.25, 0.3) is 0 Å². The van der Waals surface area contributed by atoms with Crippen LogP contribution in [0.15, 0.2) is 42.5 Å². The monoisotopic (exact) mass is 404 g/mol. The molecule has 2 aromatic rings. The lowest BCUT2D eigenvalue weighted by atomic mass is 10.0. The molecule has 1 unspecified atom stereocenters. The lowest BCUT2D eigenvalue weighted by Gasteiger charge is -2.32. The second-order valence-corrected chi connectivity index (χ2v) is 8.51. The third-order valence-electron chi connectivity index (χ3n) is 4.52. The largest absolute Gasteiger partial charge is 0.441 e. The Morgan fingerprint density at radius 2 is 1.89 bits per heavy atom. The summed E-state index contributed by atoms with van der Waals surface area (Å²) in [6, 6.07) is 12.5. The van der Waals surface area contributed by atoms with Gasteiger partial charge in [0, 0.05) is 18.4 Å². The van der Waals surface area contributed by atoms with E-state index in [0.717, 1.165) is 11.1 Å². The van der Waals surface area contributed by atoms with E-state index in [-0.39, 0.29) is 5.75 Å². The Hall–Kier alpha value is -2.58. The van der Waals surface area contributed by atoms with Crippen molar-refractivity contribution in [2.75, 3.05) is 29.9 Å². The quantitative estimate of drug-likeness (QED) is 0.762. The highest BCUT2D eigenvalue weighted by atomic mass is 32.2. The maximum Gasteiger partial charge on any atom is 0.414 e. The summed E-state index contributed by atoms with van der Waals surface area (Å²) in [4.78, 5) is 13.6. The highest BCUT2D eigenvalue weighted by Crippen LogP contribution is 2.36. The van der Waals surface area contributed by atoms with Crippen LogP contribution in [-0.4, -0.2) is 34.8 Å². The van der Waals surface area contributed by atoms with Crippen molar-refractivity contribution >= 4 is 27.5 Å². The number of amides is 1. The Labute approximate surface area is 165 Å². The molecular weight excluding hydrogens is 380 g/mol. The molecule has 8 heteroatoms. The number of benzene rings is 2. The molecule has 0 aliphatic carbocycles. The maximum atomic E-state index is 12.5. The number of hydrogen-bond acceptors (Lipinski definition) is 5. The molecule has 0 saturated heterocycles. The lowest BCUT2D eigenvalue weighted by molar-refractivity contribution is 0.105. The number of anilines is 2. The number of carbonyl (C=O) groups is 1. The molecule has 150 valence electrons. The van der Waals surface area contributed by atoms with Gasteiger partial charge in [0.05, 0.1) is 24.6 Å². The normalized spacial score (nSPS) is 16.5. The number of rotatable bonds is 7. The van der Waals surface area contributed by atoms with Crippen molar-refractivity contribution in [3.63, 3.8) is 0 Å². The Morgan fingerprint density at radius 3 is 2.57 bits per heavy atom. The summed E-state index contributed by atoms with van der Waals surface area (Å²) < 4.78 is 38.1. The van der Waals surface area contributed by atoms with Crippen LogP contribution in [-0.2, 0) is 25.2 Å². The van der Waals surface area contributed by atoms with Gasteiger partial charge >= 0.3 is 6.09 Å². The van der Waals surface area contributed by atoms with Gasteiger partial charge in [-0.3, -0.25) is 9.62 Å². The predicted molar refractivity (Wildman–Crippen MR) is 108 cm³/mol. The first kappa shape index (κ1) is 20.2. The number of hydrogen-bond donors (Lipinski definition) is 1. The number of sulfonamides is 1. The first-order valence-corrected chi connectivity index (χ1v) is 10.6. The molecule has 0 fully saturated rings. The number of nitrogens with zero attached hydrogens (tertiary/aromatic N) is 1. The first-order valence-electron chi connectivity index (χ1n) is 8.96. The van der Waals surface area contributed by atoms with Crippen molar-refractivity contribution in [2.45, 2.75) is 25.7 Å². The molecule has 0 radical (unpaired) electrons. The number of methoxy groups -OCH3 is 1. The van der Waals surface area contributed by atoms with Crippen molar-refractivity contribution in [3.05, 3.63) is 59.2 Å². The van der Waals surface area contributed by atoms with Gasteiger partial charge in [0.1, 0.15) is 6.10 Å². The molecule has 0 saturated carbocycles. The number of nitrogens with one attached hydrogen (secondary N) is 1. The molecule has 1 N–H and O–H groups in total. The Bertz CT molecular complexity index is 957. The molecule has 1 aliphatic rings. The molecular formula is C20H24N2O5S. The summed E-state index contributed by atoms with van der Waals surface area (Å²) in [5, 5.41) is 0. The number of aryl methyl sites for hydroxylation is 1. The molecule has 1 aliphatic heterocycles. The number of cyclic esters (lactones) is 1. The molecule has 2 aromatic carbocycles. The Morgan fingerprint density at radius 1 is 1.18 bits per heavy atom. The standard InChI is InChI=1S/C20H24N2O5S/c1-14-4-6-16(7-5-14)13-28(24,25)21-17-8-9-19-18(12-17)15(2)27-20(23)22(19)10-11-26-3/h4-9,12,15,21H,10-11,13H2,1-3H3. The molecule has 3 rings (SSSR count). The highest BCUT2D eigenvalue weighted by molar-refractivity contribution is 7.91. The van der Waals surface area contributed by atoms with Crippen LogP contribution in [0.4, 0.5) is 16.2 Å². The van der Waals surface area contributed by atoms with E-state index in [9.17, 15) is 13.2 Å². The van der Waals surface area contributed by atoms with Crippen LogP contribution < -0.4 is 9.62 Å². The van der Waals surface area contributed by atoms with Crippen LogP contribution in [0.2, 0.25) is 0 Å². The Kier molecular flexibility index (Phi) is 5.90. The van der Waals surface area contributed by atoms with Crippen molar-refractivity contribution in [2.24, 2.45) is 0 Å². The fourth-order valence-electron chi connectivity index (χ4n) is 3.08. The molecule has 0 bridgehead atoms. The second kappa shape index (κ2) is 8.20. The van der Waals surface area contributed by atoms with Crippen molar-refractivity contribution < 1.29 is 22.7 Å². The van der Waals surface area contributed by atoms with Crippen LogP contribution in [0.1, 0.15) is 29.7 Å². The van der Waals surface area contributed by atoms with Crippen LogP contribution in [0.5, 0.6) is 0 Å². The summed E-state index contributed by atoms with van der Waals surface area (Å²) in [6.45, 7) is 4.43. The van der Waals surface area contributed by atoms with E-state index in [2.05, 4.69) is 4.72 Å². The summed E-state index contributed by atoms with van der Waals surface area (Å²) in [5.74, 6) is -0.116. The van der Waals surface area contributed by atoms with Crippen LogP contribution in [0, 0.1) is 6.92 Å². The summed E-state index contributed by atoms with van der Waals surface area (Å²) in [5.41, 5.74) is 3.66. The fraction of sp³-hybridized carbons (Fsp3) is 0.350. The minimum atomic E-state index is -3.57. The van der Waals surface area contributed by atoms with Crippen molar-refractivity contribution in [3.8, 4) is 0 Å². The van der Waals surface area contributed by atoms with Crippen molar-refractivity contribution in [1.29, 1.82) is 0 Å². The smallest absolute Gasteiger partial charge is 0.414 e. The molecule has 7 nitrogen and oxygen atoms in total. The summed E-state index contributed by atoms with van der Waals surface area (Å²) in [7, 11) is -2.01.